The number of carbonyl (C=O) groups excluding carboxylic acids is 2. The Kier molecular flexibility index (Phi) is 4.85. The van der Waals surface area contributed by atoms with Crippen LogP contribution in [0.2, 0.25) is 0 Å². The highest BCUT2D eigenvalue weighted by Crippen LogP contribution is 2.29. The lowest BCUT2D eigenvalue weighted by molar-refractivity contribution is -0.131. The molecular formula is C18H20N2O3S. The molecule has 6 heteroatoms. The highest BCUT2D eigenvalue weighted by atomic mass is 32.1. The van der Waals surface area contributed by atoms with Gasteiger partial charge in [-0.05, 0) is 29.1 Å². The number of hydrogen-bond acceptors (Lipinski definition) is 4. The van der Waals surface area contributed by atoms with E-state index in [9.17, 15) is 9.59 Å². The molecule has 0 spiro atoms. The number of rotatable bonds is 3. The average molecular weight is 344 g/mol. The molecule has 0 N–H and O–H groups in total. The van der Waals surface area contributed by atoms with Crippen LogP contribution < -0.4 is 4.74 Å². The van der Waals surface area contributed by atoms with E-state index in [1.165, 1.54) is 11.3 Å². The molecule has 2 heterocycles. The van der Waals surface area contributed by atoms with Gasteiger partial charge in [0.2, 0.25) is 5.91 Å². The molecule has 0 bridgehead atoms. The largest absolute Gasteiger partial charge is 0.497 e. The van der Waals surface area contributed by atoms with E-state index in [2.05, 4.69) is 0 Å². The Morgan fingerprint density at radius 3 is 2.50 bits per heavy atom. The van der Waals surface area contributed by atoms with E-state index in [1.54, 1.807) is 18.9 Å². The van der Waals surface area contributed by atoms with E-state index in [4.69, 9.17) is 4.74 Å². The number of piperazine rings is 1. The highest BCUT2D eigenvalue weighted by molar-refractivity contribution is 7.08. The first-order valence-electron chi connectivity index (χ1n) is 7.83. The fourth-order valence-electron chi connectivity index (χ4n) is 2.98. The van der Waals surface area contributed by atoms with Crippen molar-refractivity contribution in [3.8, 4) is 5.75 Å². The molecule has 126 valence electrons. The Labute approximate surface area is 145 Å². The van der Waals surface area contributed by atoms with E-state index in [0.29, 0.717) is 25.2 Å². The van der Waals surface area contributed by atoms with Gasteiger partial charge in [-0.15, -0.1) is 0 Å². The summed E-state index contributed by atoms with van der Waals surface area (Å²) in [6.45, 7) is 3.18. The van der Waals surface area contributed by atoms with Crippen molar-refractivity contribution < 1.29 is 14.3 Å². The van der Waals surface area contributed by atoms with Crippen LogP contribution in [0, 0.1) is 0 Å². The molecule has 0 aliphatic carbocycles. The lowest BCUT2D eigenvalue weighted by Crippen LogP contribution is -2.51. The lowest BCUT2D eigenvalue weighted by Gasteiger charge is -2.41. The molecule has 1 atom stereocenters. The van der Waals surface area contributed by atoms with Crippen molar-refractivity contribution >= 4 is 23.2 Å². The fraction of sp³-hybridized carbons (Fsp3) is 0.333. The lowest BCUT2D eigenvalue weighted by atomic mass is 10.0. The van der Waals surface area contributed by atoms with Gasteiger partial charge in [0.25, 0.3) is 5.91 Å². The summed E-state index contributed by atoms with van der Waals surface area (Å²) in [7, 11) is 1.62. The van der Waals surface area contributed by atoms with E-state index < -0.39 is 0 Å². The molecule has 1 aliphatic heterocycles. The second-order valence-electron chi connectivity index (χ2n) is 5.76. The monoisotopic (exact) mass is 344 g/mol. The first-order chi connectivity index (χ1) is 11.6. The molecule has 1 fully saturated rings. The minimum Gasteiger partial charge on any atom is -0.497 e. The van der Waals surface area contributed by atoms with Crippen LogP contribution in [0.4, 0.5) is 0 Å². The third-order valence-corrected chi connectivity index (χ3v) is 5.04. The summed E-state index contributed by atoms with van der Waals surface area (Å²) >= 11 is 1.51. The average Bonchev–Trinajstić information content (AvgIpc) is 3.15. The van der Waals surface area contributed by atoms with Crippen LogP contribution in [0.25, 0.3) is 0 Å². The van der Waals surface area contributed by atoms with Crippen LogP contribution in [-0.4, -0.2) is 48.4 Å². The van der Waals surface area contributed by atoms with Gasteiger partial charge in [0.1, 0.15) is 5.75 Å². The number of thiophene rings is 1. The Morgan fingerprint density at radius 1 is 1.17 bits per heavy atom. The molecule has 0 radical (unpaired) electrons. The van der Waals surface area contributed by atoms with Gasteiger partial charge in [0.15, 0.2) is 0 Å². The number of nitrogens with zero attached hydrogens (tertiary/aromatic N) is 2. The summed E-state index contributed by atoms with van der Waals surface area (Å²) in [6, 6.07) is 9.38. The molecule has 0 saturated carbocycles. The Bertz CT molecular complexity index is 712. The summed E-state index contributed by atoms with van der Waals surface area (Å²) in [6.07, 6.45) is 0. The van der Waals surface area contributed by atoms with E-state index >= 15 is 0 Å². The van der Waals surface area contributed by atoms with Gasteiger partial charge in [-0.1, -0.05) is 12.1 Å². The fourth-order valence-corrected chi connectivity index (χ4v) is 3.61. The maximum atomic E-state index is 12.8. The normalized spacial score (nSPS) is 17.7. The number of amides is 2. The third-order valence-electron chi connectivity index (χ3n) is 4.36. The molecule has 1 aromatic heterocycles. The van der Waals surface area contributed by atoms with Crippen LogP contribution >= 0.6 is 11.3 Å². The van der Waals surface area contributed by atoms with Crippen molar-refractivity contribution in [2.24, 2.45) is 0 Å². The summed E-state index contributed by atoms with van der Waals surface area (Å²) in [5.41, 5.74) is 1.71. The van der Waals surface area contributed by atoms with Gasteiger partial charge >= 0.3 is 0 Å². The van der Waals surface area contributed by atoms with Crippen molar-refractivity contribution in [1.29, 1.82) is 0 Å². The van der Waals surface area contributed by atoms with Gasteiger partial charge in [-0.3, -0.25) is 9.59 Å². The zero-order chi connectivity index (χ0) is 17.1. The Hall–Kier alpha value is -2.34. The third kappa shape index (κ3) is 3.28. The maximum absolute atomic E-state index is 12.8. The predicted octanol–water partition coefficient (Wildman–Crippen LogP) is 2.80. The van der Waals surface area contributed by atoms with Crippen LogP contribution in [0.3, 0.4) is 0 Å². The number of ether oxygens (including phenoxy) is 1. The molecule has 1 unspecified atom stereocenters. The molecule has 1 aromatic carbocycles. The molecule has 1 aliphatic rings. The highest BCUT2D eigenvalue weighted by Gasteiger charge is 2.33. The van der Waals surface area contributed by atoms with Crippen LogP contribution in [0.15, 0.2) is 41.1 Å². The number of benzene rings is 1. The molecule has 2 amide bonds. The number of methoxy groups -OCH3 is 1. The predicted molar refractivity (Wildman–Crippen MR) is 93.3 cm³/mol. The molecule has 2 aromatic rings. The molecule has 3 rings (SSSR count). The quantitative estimate of drug-likeness (QED) is 0.860. The standard InChI is InChI=1S/C18H20N2O3S/c1-13(21)19-8-9-20(18(22)15-7-10-24-12-15)17(11-19)14-3-5-16(23-2)6-4-14/h3-7,10,12,17H,8-9,11H2,1-2H3. The van der Waals surface area contributed by atoms with Gasteiger partial charge < -0.3 is 14.5 Å². The molecule has 5 nitrogen and oxygen atoms in total. The van der Waals surface area contributed by atoms with Crippen molar-refractivity contribution in [3.05, 3.63) is 52.2 Å². The van der Waals surface area contributed by atoms with Crippen LogP contribution in [0.1, 0.15) is 28.9 Å². The summed E-state index contributed by atoms with van der Waals surface area (Å²) in [4.78, 5) is 28.3. The minimum absolute atomic E-state index is 0.0141. The first kappa shape index (κ1) is 16.5. The van der Waals surface area contributed by atoms with Gasteiger partial charge in [-0.25, -0.2) is 0 Å². The Balaban J connectivity index is 1.90. The minimum atomic E-state index is -0.152. The summed E-state index contributed by atoms with van der Waals surface area (Å²) in [5, 5.41) is 3.77. The maximum Gasteiger partial charge on any atom is 0.255 e. The smallest absolute Gasteiger partial charge is 0.255 e. The number of carbonyl (C=O) groups is 2. The SMILES string of the molecule is COc1ccc(C2CN(C(C)=O)CCN2C(=O)c2ccsc2)cc1. The van der Waals surface area contributed by atoms with Crippen LogP contribution in [0.5, 0.6) is 5.75 Å². The second kappa shape index (κ2) is 7.05. The van der Waals surface area contributed by atoms with E-state index in [0.717, 1.165) is 11.3 Å². The van der Waals surface area contributed by atoms with Crippen molar-refractivity contribution in [2.45, 2.75) is 13.0 Å². The molecular weight excluding hydrogens is 324 g/mol. The molecule has 1 saturated heterocycles. The first-order valence-corrected chi connectivity index (χ1v) is 8.77. The van der Waals surface area contributed by atoms with Crippen molar-refractivity contribution in [2.75, 3.05) is 26.7 Å². The van der Waals surface area contributed by atoms with Gasteiger partial charge in [0, 0.05) is 31.9 Å². The van der Waals surface area contributed by atoms with Crippen molar-refractivity contribution in [3.63, 3.8) is 0 Å². The second-order valence-corrected chi connectivity index (χ2v) is 6.54. The van der Waals surface area contributed by atoms with Crippen LogP contribution in [-0.2, 0) is 4.79 Å². The van der Waals surface area contributed by atoms with E-state index in [1.807, 2.05) is 46.0 Å². The summed E-state index contributed by atoms with van der Waals surface area (Å²) in [5.74, 6) is 0.824. The Morgan fingerprint density at radius 2 is 1.92 bits per heavy atom. The number of hydrogen-bond donors (Lipinski definition) is 0. The summed E-state index contributed by atoms with van der Waals surface area (Å²) < 4.78 is 5.21. The van der Waals surface area contributed by atoms with Gasteiger partial charge in [-0.2, -0.15) is 11.3 Å². The topological polar surface area (TPSA) is 49.9 Å². The van der Waals surface area contributed by atoms with Crippen molar-refractivity contribution in [1.82, 2.24) is 9.80 Å². The van der Waals surface area contributed by atoms with Gasteiger partial charge in [0.05, 0.1) is 18.7 Å². The zero-order valence-corrected chi connectivity index (χ0v) is 14.6. The van der Waals surface area contributed by atoms with E-state index in [-0.39, 0.29) is 17.9 Å². The zero-order valence-electron chi connectivity index (χ0n) is 13.8. The molecule has 24 heavy (non-hydrogen) atoms.